The molecule has 2 aliphatic rings. The predicted molar refractivity (Wildman–Crippen MR) is 117 cm³/mol. The lowest BCUT2D eigenvalue weighted by atomic mass is 9.55. The second kappa shape index (κ2) is 8.20. The van der Waals surface area contributed by atoms with Gasteiger partial charge in [0.25, 0.3) is 0 Å². The van der Waals surface area contributed by atoms with Crippen molar-refractivity contribution in [2.24, 2.45) is 0 Å². The van der Waals surface area contributed by atoms with Crippen molar-refractivity contribution in [1.82, 2.24) is 0 Å². The molecular weight excluding hydrogens is 387 g/mol. The first-order valence-electron chi connectivity index (χ1n) is 10.6. The van der Waals surface area contributed by atoms with Crippen molar-refractivity contribution in [2.45, 2.75) is 73.0 Å². The van der Waals surface area contributed by atoms with Gasteiger partial charge >= 0.3 is 0 Å². The van der Waals surface area contributed by atoms with Gasteiger partial charge in [0.15, 0.2) is 5.78 Å². The van der Waals surface area contributed by atoms with Crippen LogP contribution in [0.15, 0.2) is 60.7 Å². The minimum atomic E-state index is -0.665. The Morgan fingerprint density at radius 3 is 1.43 bits per heavy atom. The Hall–Kier alpha value is -1.31. The van der Waals surface area contributed by atoms with Crippen LogP contribution in [0.25, 0.3) is 0 Å². The van der Waals surface area contributed by atoms with Gasteiger partial charge in [0.05, 0.1) is 21.6 Å². The molecule has 28 heavy (non-hydrogen) atoms. The normalized spacial score (nSPS) is 33.4. The molecule has 1 nitrogen and oxygen atoms in total. The Balaban J connectivity index is 1.91. The first kappa shape index (κ1) is 20.0. The van der Waals surface area contributed by atoms with Crippen LogP contribution in [0.2, 0.25) is 0 Å². The van der Waals surface area contributed by atoms with Gasteiger partial charge in [0.1, 0.15) is 0 Å². The quantitative estimate of drug-likeness (QED) is 0.502. The molecule has 0 spiro atoms. The largest absolute Gasteiger partial charge is 0.298 e. The Kier molecular flexibility index (Phi) is 5.86. The highest BCUT2D eigenvalue weighted by atomic mass is 35.5. The number of benzene rings is 2. The van der Waals surface area contributed by atoms with Gasteiger partial charge in [-0.3, -0.25) is 4.79 Å². The summed E-state index contributed by atoms with van der Waals surface area (Å²) in [5.41, 5.74) is 0.789. The molecule has 2 saturated carbocycles. The van der Waals surface area contributed by atoms with Gasteiger partial charge < -0.3 is 0 Å². The number of hydrogen-bond donors (Lipinski definition) is 0. The summed E-state index contributed by atoms with van der Waals surface area (Å²) in [5, 5.41) is -0.384. The molecule has 0 aromatic heterocycles. The van der Waals surface area contributed by atoms with Crippen LogP contribution in [0.1, 0.15) is 62.5 Å². The van der Waals surface area contributed by atoms with Crippen molar-refractivity contribution in [3.05, 3.63) is 71.8 Å². The van der Waals surface area contributed by atoms with E-state index in [4.69, 9.17) is 23.2 Å². The van der Waals surface area contributed by atoms with E-state index in [2.05, 4.69) is 24.3 Å². The number of alkyl halides is 2. The zero-order valence-corrected chi connectivity index (χ0v) is 17.8. The number of Topliss-reactive ketones (excluding diaryl/α,β-unsaturated/α-hetero) is 1. The molecule has 2 fully saturated rings. The van der Waals surface area contributed by atoms with Crippen LogP contribution < -0.4 is 0 Å². The molecule has 0 heterocycles. The van der Waals surface area contributed by atoms with Gasteiger partial charge in [0.2, 0.25) is 0 Å². The number of carbonyl (C=O) groups excluding carboxylic acids is 1. The number of rotatable bonds is 4. The van der Waals surface area contributed by atoms with E-state index in [1.165, 1.54) is 0 Å². The highest BCUT2D eigenvalue weighted by Crippen LogP contribution is 2.53. The molecular formula is C25H28Cl2O. The van der Waals surface area contributed by atoms with Gasteiger partial charge in [-0.1, -0.05) is 86.3 Å². The van der Waals surface area contributed by atoms with E-state index in [1.807, 2.05) is 36.4 Å². The fraction of sp³-hybridized carbons (Fsp3) is 0.480. The third-order valence-corrected chi connectivity index (χ3v) is 8.20. The minimum absolute atomic E-state index is 0.192. The molecule has 4 atom stereocenters. The number of carbonyl (C=O) groups is 1. The molecule has 4 rings (SSSR count). The van der Waals surface area contributed by atoms with E-state index in [-0.39, 0.29) is 16.5 Å². The summed E-state index contributed by atoms with van der Waals surface area (Å²) in [6.07, 6.45) is 7.59. The summed E-state index contributed by atoms with van der Waals surface area (Å²) in [6, 6.07) is 20.5. The second-order valence-corrected chi connectivity index (χ2v) is 9.48. The Morgan fingerprint density at radius 2 is 1.07 bits per heavy atom. The number of hydrogen-bond acceptors (Lipinski definition) is 1. The average Bonchev–Trinajstić information content (AvgIpc) is 2.75. The maximum atomic E-state index is 14.6. The fourth-order valence-corrected chi connectivity index (χ4v) is 6.53. The van der Waals surface area contributed by atoms with Crippen molar-refractivity contribution in [1.29, 1.82) is 0 Å². The van der Waals surface area contributed by atoms with Crippen molar-refractivity contribution >= 4 is 29.0 Å². The third-order valence-electron chi connectivity index (χ3n) is 7.02. The predicted octanol–water partition coefficient (Wildman–Crippen LogP) is 6.79. The molecule has 0 amide bonds. The number of halogens is 2. The first-order chi connectivity index (χ1) is 13.6. The molecule has 2 aromatic rings. The highest BCUT2D eigenvalue weighted by molar-refractivity contribution is 6.27. The van der Waals surface area contributed by atoms with Gasteiger partial charge in [0, 0.05) is 0 Å². The smallest absolute Gasteiger partial charge is 0.156 e. The van der Waals surface area contributed by atoms with E-state index >= 15 is 0 Å². The molecule has 0 aliphatic heterocycles. The van der Waals surface area contributed by atoms with Crippen LogP contribution in [-0.4, -0.2) is 16.5 Å². The van der Waals surface area contributed by atoms with E-state index in [9.17, 15) is 4.79 Å². The lowest BCUT2D eigenvalue weighted by molar-refractivity contribution is -0.132. The monoisotopic (exact) mass is 414 g/mol. The van der Waals surface area contributed by atoms with E-state index < -0.39 is 10.8 Å². The SMILES string of the molecule is O=C(C1(c2ccccc2)CCCCC1Cl)C1(c2ccccc2)CCCCC1Cl. The Bertz CT molecular complexity index is 738. The maximum absolute atomic E-state index is 14.6. The Labute approximate surface area is 178 Å². The molecule has 0 bridgehead atoms. The molecule has 3 heteroatoms. The topological polar surface area (TPSA) is 17.1 Å². The van der Waals surface area contributed by atoms with E-state index in [0.29, 0.717) is 0 Å². The third kappa shape index (κ3) is 3.12. The van der Waals surface area contributed by atoms with Crippen LogP contribution in [0.4, 0.5) is 0 Å². The number of ketones is 1. The lowest BCUT2D eigenvalue weighted by Gasteiger charge is -2.50. The molecule has 4 unspecified atom stereocenters. The van der Waals surface area contributed by atoms with Crippen LogP contribution in [0, 0.1) is 0 Å². The lowest BCUT2D eigenvalue weighted by Crippen LogP contribution is -2.59. The van der Waals surface area contributed by atoms with Gasteiger partial charge in [-0.25, -0.2) is 0 Å². The maximum Gasteiger partial charge on any atom is 0.156 e. The van der Waals surface area contributed by atoms with E-state index in [1.54, 1.807) is 0 Å². The molecule has 2 aliphatic carbocycles. The molecule has 0 saturated heterocycles. The van der Waals surface area contributed by atoms with Gasteiger partial charge in [-0.2, -0.15) is 0 Å². The van der Waals surface area contributed by atoms with Crippen molar-refractivity contribution in [3.63, 3.8) is 0 Å². The summed E-state index contributed by atoms with van der Waals surface area (Å²) < 4.78 is 0. The van der Waals surface area contributed by atoms with Gasteiger partial charge in [-0.05, 0) is 36.8 Å². The van der Waals surface area contributed by atoms with Crippen molar-refractivity contribution in [3.8, 4) is 0 Å². The highest BCUT2D eigenvalue weighted by Gasteiger charge is 2.58. The minimum Gasteiger partial charge on any atom is -0.298 e. The first-order valence-corrected chi connectivity index (χ1v) is 11.4. The summed E-state index contributed by atoms with van der Waals surface area (Å²) >= 11 is 14.0. The second-order valence-electron chi connectivity index (χ2n) is 8.43. The van der Waals surface area contributed by atoms with Gasteiger partial charge in [-0.15, -0.1) is 23.2 Å². The van der Waals surface area contributed by atoms with Crippen LogP contribution >= 0.6 is 23.2 Å². The molecule has 0 radical (unpaired) electrons. The van der Waals surface area contributed by atoms with E-state index in [0.717, 1.165) is 62.5 Å². The Morgan fingerprint density at radius 1 is 0.679 bits per heavy atom. The van der Waals surface area contributed by atoms with Crippen LogP contribution in [0.3, 0.4) is 0 Å². The summed E-state index contributed by atoms with van der Waals surface area (Å²) in [5.74, 6) is 0.247. The molecule has 148 valence electrons. The fourth-order valence-electron chi connectivity index (χ4n) is 5.55. The van der Waals surface area contributed by atoms with Crippen molar-refractivity contribution < 1.29 is 4.79 Å². The average molecular weight is 415 g/mol. The standard InChI is InChI=1S/C25H28Cl2O/c26-21-15-7-9-17-24(21,19-11-3-1-4-12-19)23(28)25(18-10-8-16-22(25)27)20-13-5-2-6-14-20/h1-6,11-14,21-22H,7-10,15-18H2. The van der Waals surface area contributed by atoms with Crippen LogP contribution in [-0.2, 0) is 15.6 Å². The summed E-state index contributed by atoms with van der Waals surface area (Å²) in [4.78, 5) is 14.6. The van der Waals surface area contributed by atoms with Crippen molar-refractivity contribution in [2.75, 3.05) is 0 Å². The molecule has 2 aromatic carbocycles. The summed E-state index contributed by atoms with van der Waals surface area (Å²) in [7, 11) is 0. The van der Waals surface area contributed by atoms with Crippen LogP contribution in [0.5, 0.6) is 0 Å². The zero-order valence-electron chi connectivity index (χ0n) is 16.2. The zero-order chi connectivity index (χ0) is 19.6. The molecule has 0 N–H and O–H groups in total. The summed E-state index contributed by atoms with van der Waals surface area (Å²) in [6.45, 7) is 0.